The van der Waals surface area contributed by atoms with E-state index in [-0.39, 0.29) is 41.6 Å². The van der Waals surface area contributed by atoms with Crippen LogP contribution in [0.5, 0.6) is 0 Å². The summed E-state index contributed by atoms with van der Waals surface area (Å²) in [5.41, 5.74) is 0. The molecule has 2 heteroatoms. The standard InChI is InChI=1S/C3H8O.C3H6O.4CH4/c2*1-3(2)4;;;;/h3-4H,1-2H3;1-2H3;4*1H4. The van der Waals surface area contributed by atoms with E-state index in [0.29, 0.717) is 0 Å². The third-order valence-corrected chi connectivity index (χ3v) is 0. The van der Waals surface area contributed by atoms with Crippen LogP contribution in [0.3, 0.4) is 0 Å². The Labute approximate surface area is 80.0 Å². The van der Waals surface area contributed by atoms with Gasteiger partial charge in [-0.3, -0.25) is 0 Å². The van der Waals surface area contributed by atoms with Gasteiger partial charge in [0.15, 0.2) is 0 Å². The highest BCUT2D eigenvalue weighted by Gasteiger charge is 1.69. The molecule has 0 unspecified atom stereocenters. The zero-order chi connectivity index (χ0) is 7.15. The maximum absolute atomic E-state index is 9.44. The molecule has 0 rings (SSSR count). The molecule has 0 aliphatic rings. The summed E-state index contributed by atoms with van der Waals surface area (Å²) in [6.07, 6.45) is -0.167. The quantitative estimate of drug-likeness (QED) is 0.622. The number of rotatable bonds is 0. The van der Waals surface area contributed by atoms with Gasteiger partial charge in [-0.1, -0.05) is 29.7 Å². The molecular formula is C10H30O2. The first-order valence-corrected chi connectivity index (χ1v) is 2.62. The number of carbonyl (C=O) groups is 1. The van der Waals surface area contributed by atoms with Gasteiger partial charge in [0.1, 0.15) is 5.78 Å². The topological polar surface area (TPSA) is 37.3 Å². The second kappa shape index (κ2) is 31.1. The van der Waals surface area contributed by atoms with Gasteiger partial charge >= 0.3 is 0 Å². The van der Waals surface area contributed by atoms with Crippen LogP contribution >= 0.6 is 0 Å². The highest BCUT2D eigenvalue weighted by Crippen LogP contribution is 1.65. The molecule has 0 saturated heterocycles. The van der Waals surface area contributed by atoms with Crippen molar-refractivity contribution in [3.05, 3.63) is 0 Å². The zero-order valence-electron chi connectivity index (χ0n) is 5.93. The Bertz CT molecular complexity index is 52.1. The number of ketones is 1. The summed E-state index contributed by atoms with van der Waals surface area (Å²) < 4.78 is 0. The number of Topliss-reactive ketones (excluding diaryl/α,β-unsaturated/α-hetero) is 1. The number of aliphatic hydroxyl groups is 1. The number of hydrogen-bond acceptors (Lipinski definition) is 2. The third kappa shape index (κ3) is 5240. The Balaban J connectivity index is -0.0000000112. The van der Waals surface area contributed by atoms with Crippen molar-refractivity contribution in [3.63, 3.8) is 0 Å². The molecule has 0 aromatic rings. The van der Waals surface area contributed by atoms with E-state index in [1.54, 1.807) is 13.8 Å². The summed E-state index contributed by atoms with van der Waals surface area (Å²) in [7, 11) is 0. The maximum atomic E-state index is 9.44. The monoisotopic (exact) mass is 182 g/mol. The molecule has 0 fully saturated rings. The normalized spacial score (nSPS) is 5.17. The fourth-order valence-electron chi connectivity index (χ4n) is 0. The van der Waals surface area contributed by atoms with Crippen molar-refractivity contribution >= 4 is 5.78 Å². The van der Waals surface area contributed by atoms with Crippen LogP contribution in [0.2, 0.25) is 0 Å². The molecule has 0 heterocycles. The fourth-order valence-corrected chi connectivity index (χ4v) is 0. The molecule has 0 bridgehead atoms. The summed E-state index contributed by atoms with van der Waals surface area (Å²) >= 11 is 0. The second-order valence-corrected chi connectivity index (χ2v) is 2.00. The van der Waals surface area contributed by atoms with Crippen LogP contribution in [0.1, 0.15) is 57.4 Å². The first-order valence-electron chi connectivity index (χ1n) is 2.62. The summed E-state index contributed by atoms with van der Waals surface area (Å²) in [6, 6.07) is 0. The van der Waals surface area contributed by atoms with Crippen molar-refractivity contribution in [1.29, 1.82) is 0 Å². The number of hydrogen-bond donors (Lipinski definition) is 1. The summed E-state index contributed by atoms with van der Waals surface area (Å²) in [6.45, 7) is 6.50. The van der Waals surface area contributed by atoms with E-state index in [0.717, 1.165) is 0 Å². The summed E-state index contributed by atoms with van der Waals surface area (Å²) in [4.78, 5) is 9.44. The van der Waals surface area contributed by atoms with E-state index in [1.165, 1.54) is 13.8 Å². The predicted octanol–water partition coefficient (Wildman–Crippen LogP) is 3.53. The maximum Gasteiger partial charge on any atom is 0.126 e. The van der Waals surface area contributed by atoms with Gasteiger partial charge in [0.2, 0.25) is 0 Å². The fraction of sp³-hybridized carbons (Fsp3) is 0.900. The first kappa shape index (κ1) is 41.5. The molecule has 0 aliphatic carbocycles. The molecule has 0 saturated carbocycles. The van der Waals surface area contributed by atoms with Crippen LogP contribution in [0.4, 0.5) is 0 Å². The van der Waals surface area contributed by atoms with Gasteiger partial charge < -0.3 is 9.90 Å². The SMILES string of the molecule is C.C.C.C.CC(C)=O.CC(C)O. The van der Waals surface area contributed by atoms with Gasteiger partial charge in [0.05, 0.1) is 0 Å². The Morgan fingerprint density at radius 2 is 1.00 bits per heavy atom. The van der Waals surface area contributed by atoms with Crippen LogP contribution in [0.15, 0.2) is 0 Å². The lowest BCUT2D eigenvalue weighted by Gasteiger charge is -1.80. The molecule has 82 valence electrons. The highest BCUT2D eigenvalue weighted by molar-refractivity contribution is 5.72. The smallest absolute Gasteiger partial charge is 0.126 e. The van der Waals surface area contributed by atoms with Crippen molar-refractivity contribution in [2.45, 2.75) is 63.5 Å². The molecule has 0 aromatic carbocycles. The van der Waals surface area contributed by atoms with E-state index in [4.69, 9.17) is 5.11 Å². The molecule has 0 spiro atoms. The van der Waals surface area contributed by atoms with Crippen LogP contribution in [0, 0.1) is 0 Å². The summed E-state index contributed by atoms with van der Waals surface area (Å²) in [5.74, 6) is 0.167. The lowest BCUT2D eigenvalue weighted by molar-refractivity contribution is -0.114. The highest BCUT2D eigenvalue weighted by atomic mass is 16.3. The molecule has 0 aliphatic heterocycles. The van der Waals surface area contributed by atoms with Gasteiger partial charge in [-0.15, -0.1) is 0 Å². The molecule has 0 aromatic heterocycles. The molecule has 0 radical (unpaired) electrons. The Morgan fingerprint density at radius 3 is 1.00 bits per heavy atom. The van der Waals surface area contributed by atoms with Crippen LogP contribution < -0.4 is 0 Å². The lowest BCUT2D eigenvalue weighted by atomic mass is 10.5. The van der Waals surface area contributed by atoms with Gasteiger partial charge in [-0.05, 0) is 27.7 Å². The van der Waals surface area contributed by atoms with Gasteiger partial charge in [0.25, 0.3) is 0 Å². The van der Waals surface area contributed by atoms with Gasteiger partial charge in [-0.2, -0.15) is 0 Å². The zero-order valence-corrected chi connectivity index (χ0v) is 5.93. The van der Waals surface area contributed by atoms with E-state index < -0.39 is 0 Å². The molecule has 12 heavy (non-hydrogen) atoms. The predicted molar refractivity (Wildman–Crippen MR) is 60.6 cm³/mol. The van der Waals surface area contributed by atoms with Gasteiger partial charge in [0, 0.05) is 6.10 Å². The minimum atomic E-state index is -0.167. The Kier molecular flexibility index (Phi) is 107. The molecular weight excluding hydrogens is 152 g/mol. The Morgan fingerprint density at radius 1 is 1.00 bits per heavy atom. The lowest BCUT2D eigenvalue weighted by Crippen LogP contribution is -1.85. The third-order valence-electron chi connectivity index (χ3n) is 0. The van der Waals surface area contributed by atoms with Crippen LogP contribution in [-0.2, 0) is 4.79 Å². The molecule has 0 amide bonds. The first-order chi connectivity index (χ1) is 3.46. The van der Waals surface area contributed by atoms with E-state index in [2.05, 4.69) is 0 Å². The molecule has 0 atom stereocenters. The van der Waals surface area contributed by atoms with Gasteiger partial charge in [-0.25, -0.2) is 0 Å². The van der Waals surface area contributed by atoms with E-state index in [9.17, 15) is 4.79 Å². The Hall–Kier alpha value is -0.370. The van der Waals surface area contributed by atoms with Crippen molar-refractivity contribution in [1.82, 2.24) is 0 Å². The molecule has 2 nitrogen and oxygen atoms in total. The van der Waals surface area contributed by atoms with Crippen molar-refractivity contribution in [2.75, 3.05) is 0 Å². The van der Waals surface area contributed by atoms with E-state index in [1.807, 2.05) is 0 Å². The molecule has 1 N–H and O–H groups in total. The average molecular weight is 182 g/mol. The second-order valence-electron chi connectivity index (χ2n) is 2.00. The van der Waals surface area contributed by atoms with Crippen LogP contribution in [0.25, 0.3) is 0 Å². The van der Waals surface area contributed by atoms with Crippen molar-refractivity contribution in [2.24, 2.45) is 0 Å². The number of aliphatic hydroxyl groups excluding tert-OH is 1. The summed E-state index contributed by atoms with van der Waals surface area (Å²) in [5, 5.41) is 8.06. The average Bonchev–Trinajstić information content (AvgIpc) is 1.25. The van der Waals surface area contributed by atoms with E-state index >= 15 is 0 Å². The largest absolute Gasteiger partial charge is 0.394 e. The number of carbonyl (C=O) groups excluding carboxylic acids is 1. The minimum absolute atomic E-state index is 0. The van der Waals surface area contributed by atoms with Crippen LogP contribution in [-0.4, -0.2) is 17.0 Å². The van der Waals surface area contributed by atoms with Crippen molar-refractivity contribution in [3.8, 4) is 0 Å². The minimum Gasteiger partial charge on any atom is -0.394 e. The van der Waals surface area contributed by atoms with Crippen molar-refractivity contribution < 1.29 is 9.90 Å².